The molecule has 1 aromatic heterocycles. The number of rotatable bonds is 11. The fourth-order valence-corrected chi connectivity index (χ4v) is 6.34. The highest BCUT2D eigenvalue weighted by atomic mass is 16.5. The van der Waals surface area contributed by atoms with Gasteiger partial charge in [-0.1, -0.05) is 79.9 Å². The molecular formula is C38H38O6. The van der Waals surface area contributed by atoms with E-state index in [0.717, 1.165) is 54.2 Å². The summed E-state index contributed by atoms with van der Waals surface area (Å²) in [5.74, 6) is 0.907. The van der Waals surface area contributed by atoms with Gasteiger partial charge in [-0.2, -0.15) is 0 Å². The van der Waals surface area contributed by atoms with Crippen LogP contribution in [0.1, 0.15) is 71.3 Å². The molecule has 0 spiro atoms. The number of furan rings is 1. The number of ether oxygens (including phenoxy) is 2. The van der Waals surface area contributed by atoms with Gasteiger partial charge >= 0.3 is 0 Å². The van der Waals surface area contributed by atoms with Crippen LogP contribution >= 0.6 is 0 Å². The van der Waals surface area contributed by atoms with E-state index in [1.54, 1.807) is 12.1 Å². The maximum absolute atomic E-state index is 13.9. The average molecular weight is 591 g/mol. The number of hydrogen-bond acceptors (Lipinski definition) is 6. The molecule has 6 nitrogen and oxygen atoms in total. The fourth-order valence-electron chi connectivity index (χ4n) is 6.34. The first kappa shape index (κ1) is 29.5. The third kappa shape index (κ3) is 6.36. The predicted octanol–water partition coefficient (Wildman–Crippen LogP) is 8.65. The number of Topliss-reactive ketones (excluding diaryl/α,β-unsaturated/α-hetero) is 1. The molecule has 226 valence electrons. The Morgan fingerprint density at radius 2 is 1.41 bits per heavy atom. The summed E-state index contributed by atoms with van der Waals surface area (Å²) in [6.45, 7) is 2.70. The van der Waals surface area contributed by atoms with Crippen LogP contribution in [0.2, 0.25) is 0 Å². The van der Waals surface area contributed by atoms with Crippen molar-refractivity contribution in [3.05, 3.63) is 125 Å². The molecule has 0 saturated heterocycles. The number of carbonyl (C=O) groups excluding carboxylic acids is 1. The molecule has 2 N–H and O–H groups in total. The highest BCUT2D eigenvalue weighted by molar-refractivity contribution is 5.99. The minimum absolute atomic E-state index is 0.121. The zero-order valence-corrected chi connectivity index (χ0v) is 25.0. The standard InChI is InChI=1S/C38H38O6/c1-26-32-21-31(43-25-28-13-7-3-8-14-28)18-20-36(32)44-37(26)38(41,29-15-9-4-10-16-29)23-35(40)33-22-30(17-19-34(33)39)42-24-27-11-5-2-6-12-27/h2-3,5-8,11-14,17-22,29,39,41H,4,9-10,15-16,23-25H2,1H3. The van der Waals surface area contributed by atoms with Crippen LogP contribution in [0.25, 0.3) is 11.0 Å². The quantitative estimate of drug-likeness (QED) is 0.150. The average Bonchev–Trinajstić information content (AvgIpc) is 3.40. The summed E-state index contributed by atoms with van der Waals surface area (Å²) in [6.07, 6.45) is 4.42. The summed E-state index contributed by atoms with van der Waals surface area (Å²) in [5.41, 5.74) is 2.06. The summed E-state index contributed by atoms with van der Waals surface area (Å²) in [4.78, 5) is 13.9. The lowest BCUT2D eigenvalue weighted by Gasteiger charge is -2.37. The Morgan fingerprint density at radius 1 is 0.818 bits per heavy atom. The first-order valence-corrected chi connectivity index (χ1v) is 15.4. The van der Waals surface area contributed by atoms with Gasteiger partial charge in [0.05, 0.1) is 5.56 Å². The summed E-state index contributed by atoms with van der Waals surface area (Å²) in [7, 11) is 0. The van der Waals surface area contributed by atoms with Crippen molar-refractivity contribution in [1.82, 2.24) is 0 Å². The highest BCUT2D eigenvalue weighted by Crippen LogP contribution is 2.46. The number of carbonyl (C=O) groups is 1. The minimum Gasteiger partial charge on any atom is -0.507 e. The Bertz CT molecular complexity index is 1720. The first-order valence-electron chi connectivity index (χ1n) is 15.4. The fraction of sp³-hybridized carbons (Fsp3) is 0.289. The van der Waals surface area contributed by atoms with E-state index in [0.29, 0.717) is 36.1 Å². The largest absolute Gasteiger partial charge is 0.507 e. The zero-order chi connectivity index (χ0) is 30.5. The van der Waals surface area contributed by atoms with Gasteiger partial charge in [0.1, 0.15) is 47.4 Å². The summed E-state index contributed by atoms with van der Waals surface area (Å²) < 4.78 is 18.4. The maximum atomic E-state index is 13.9. The van der Waals surface area contributed by atoms with Crippen LogP contribution in [0, 0.1) is 12.8 Å². The summed E-state index contributed by atoms with van der Waals surface area (Å²) in [5, 5.41) is 24.0. The number of fused-ring (bicyclic) bond motifs is 1. The lowest BCUT2D eigenvalue weighted by Crippen LogP contribution is -2.39. The molecule has 0 bridgehead atoms. The van der Waals surface area contributed by atoms with Crippen molar-refractivity contribution in [2.75, 3.05) is 0 Å². The number of benzene rings is 4. The van der Waals surface area contributed by atoms with Crippen LogP contribution in [0.15, 0.2) is 101 Å². The van der Waals surface area contributed by atoms with E-state index in [1.165, 1.54) is 6.07 Å². The third-order valence-corrected chi connectivity index (χ3v) is 8.78. The van der Waals surface area contributed by atoms with Crippen molar-refractivity contribution in [3.8, 4) is 17.2 Å². The van der Waals surface area contributed by atoms with Gasteiger partial charge in [-0.25, -0.2) is 0 Å². The number of phenolic OH excluding ortho intramolecular Hbond substituents is 1. The maximum Gasteiger partial charge on any atom is 0.170 e. The lowest BCUT2D eigenvalue weighted by molar-refractivity contribution is -0.0553. The number of phenols is 1. The SMILES string of the molecule is Cc1c(C(O)(CC(=O)c2cc(OCc3ccccc3)ccc2O)C2CCCCC2)oc2ccc(OCc3ccccc3)cc12. The van der Waals surface area contributed by atoms with Crippen LogP contribution in [0.5, 0.6) is 17.2 Å². The molecule has 5 aromatic rings. The minimum atomic E-state index is -1.54. The van der Waals surface area contributed by atoms with Gasteiger partial charge in [-0.3, -0.25) is 4.79 Å². The van der Waals surface area contributed by atoms with E-state index in [4.69, 9.17) is 13.9 Å². The summed E-state index contributed by atoms with van der Waals surface area (Å²) in [6, 6.07) is 30.0. The van der Waals surface area contributed by atoms with Crippen LogP contribution in [0.3, 0.4) is 0 Å². The van der Waals surface area contributed by atoms with E-state index < -0.39 is 5.60 Å². The molecule has 4 aromatic carbocycles. The Balaban J connectivity index is 1.28. The molecule has 1 aliphatic carbocycles. The van der Waals surface area contributed by atoms with Gasteiger partial charge in [-0.15, -0.1) is 0 Å². The number of hydrogen-bond donors (Lipinski definition) is 2. The van der Waals surface area contributed by atoms with Gasteiger partial charge in [-0.05, 0) is 73.2 Å². The van der Waals surface area contributed by atoms with Crippen molar-refractivity contribution in [2.45, 2.75) is 64.3 Å². The molecule has 1 unspecified atom stereocenters. The van der Waals surface area contributed by atoms with E-state index in [1.807, 2.05) is 85.8 Å². The molecule has 1 saturated carbocycles. The van der Waals surface area contributed by atoms with Crippen molar-refractivity contribution in [1.29, 1.82) is 0 Å². The van der Waals surface area contributed by atoms with E-state index >= 15 is 0 Å². The van der Waals surface area contributed by atoms with E-state index in [9.17, 15) is 15.0 Å². The van der Waals surface area contributed by atoms with Gasteiger partial charge in [0.15, 0.2) is 5.78 Å². The van der Waals surface area contributed by atoms with E-state index in [-0.39, 0.29) is 29.4 Å². The Morgan fingerprint density at radius 3 is 2.05 bits per heavy atom. The normalized spacial score (nSPS) is 15.1. The molecule has 1 aliphatic rings. The van der Waals surface area contributed by atoms with Gasteiger partial charge < -0.3 is 24.1 Å². The topological polar surface area (TPSA) is 89.1 Å². The highest BCUT2D eigenvalue weighted by Gasteiger charge is 2.45. The molecule has 6 heteroatoms. The van der Waals surface area contributed by atoms with E-state index in [2.05, 4.69) is 0 Å². The Labute approximate surface area is 257 Å². The molecule has 1 heterocycles. The van der Waals surface area contributed by atoms with Crippen molar-refractivity contribution >= 4 is 16.8 Å². The van der Waals surface area contributed by atoms with Crippen LogP contribution in [-0.2, 0) is 18.8 Å². The van der Waals surface area contributed by atoms with Gasteiger partial charge in [0.2, 0.25) is 0 Å². The third-order valence-electron chi connectivity index (χ3n) is 8.78. The molecule has 44 heavy (non-hydrogen) atoms. The predicted molar refractivity (Wildman–Crippen MR) is 170 cm³/mol. The molecule has 0 aliphatic heterocycles. The molecule has 6 rings (SSSR count). The number of aliphatic hydroxyl groups is 1. The first-order chi connectivity index (χ1) is 21.4. The van der Waals surface area contributed by atoms with Crippen LogP contribution in [0.4, 0.5) is 0 Å². The van der Waals surface area contributed by atoms with Gasteiger partial charge in [0.25, 0.3) is 0 Å². The second-order valence-electron chi connectivity index (χ2n) is 11.8. The van der Waals surface area contributed by atoms with Crippen molar-refractivity contribution in [3.63, 3.8) is 0 Å². The van der Waals surface area contributed by atoms with Crippen LogP contribution < -0.4 is 9.47 Å². The zero-order valence-electron chi connectivity index (χ0n) is 25.0. The van der Waals surface area contributed by atoms with Crippen molar-refractivity contribution < 1.29 is 28.9 Å². The Kier molecular flexibility index (Phi) is 8.71. The molecule has 1 atom stereocenters. The second kappa shape index (κ2) is 13.0. The molecule has 0 amide bonds. The Hall–Kier alpha value is -4.55. The van der Waals surface area contributed by atoms with Crippen molar-refractivity contribution in [2.24, 2.45) is 5.92 Å². The number of aryl methyl sites for hydroxylation is 1. The lowest BCUT2D eigenvalue weighted by atomic mass is 9.72. The molecular weight excluding hydrogens is 552 g/mol. The molecule has 0 radical (unpaired) electrons. The van der Waals surface area contributed by atoms with Crippen LogP contribution in [-0.4, -0.2) is 16.0 Å². The van der Waals surface area contributed by atoms with Gasteiger partial charge in [0, 0.05) is 17.4 Å². The summed E-state index contributed by atoms with van der Waals surface area (Å²) >= 11 is 0. The number of aromatic hydroxyl groups is 1. The number of ketones is 1. The molecule has 1 fully saturated rings. The monoisotopic (exact) mass is 590 g/mol. The second-order valence-corrected chi connectivity index (χ2v) is 11.8. The smallest absolute Gasteiger partial charge is 0.170 e.